The number of amides is 2. The first kappa shape index (κ1) is 17.2. The van der Waals surface area contributed by atoms with Gasteiger partial charge in [0.05, 0.1) is 5.69 Å². The van der Waals surface area contributed by atoms with E-state index in [9.17, 15) is 9.59 Å². The van der Waals surface area contributed by atoms with Crippen LogP contribution >= 0.6 is 23.1 Å². The van der Waals surface area contributed by atoms with Crippen molar-refractivity contribution in [3.63, 3.8) is 0 Å². The first-order valence-electron chi connectivity index (χ1n) is 6.97. The van der Waals surface area contributed by atoms with Gasteiger partial charge in [0.2, 0.25) is 0 Å². The molecule has 0 spiro atoms. The smallest absolute Gasteiger partial charge is 0.273 e. The summed E-state index contributed by atoms with van der Waals surface area (Å²) in [6.45, 7) is 3.97. The number of halogens is 1. The highest BCUT2D eigenvalue weighted by molar-refractivity contribution is 7.09. The van der Waals surface area contributed by atoms with E-state index in [1.165, 1.54) is 0 Å². The molecule has 0 aliphatic rings. The molecule has 122 valence electrons. The van der Waals surface area contributed by atoms with Crippen LogP contribution in [0.3, 0.4) is 0 Å². The lowest BCUT2D eigenvalue weighted by Gasteiger charge is -2.07. The largest absolute Gasteiger partial charge is 0.395 e. The third kappa shape index (κ3) is 4.43. The number of hydrogen-bond acceptors (Lipinski definition) is 5. The zero-order valence-electron chi connectivity index (χ0n) is 12.7. The molecule has 2 aromatic rings. The number of carbonyl (C=O) groups excluding carboxylic acids is 2. The number of carbonyl (C=O) groups is 2. The average Bonchev–Trinajstić information content (AvgIpc) is 2.86. The van der Waals surface area contributed by atoms with Gasteiger partial charge >= 0.3 is 0 Å². The average molecular weight is 353 g/mol. The Morgan fingerprint density at radius 1 is 1.35 bits per heavy atom. The molecule has 23 heavy (non-hydrogen) atoms. The minimum absolute atomic E-state index is 0.0382. The Kier molecular flexibility index (Phi) is 5.57. The molecule has 0 fully saturated rings. The normalized spacial score (nSPS) is 10.6. The summed E-state index contributed by atoms with van der Waals surface area (Å²) in [4.78, 5) is 24.4. The van der Waals surface area contributed by atoms with Crippen LogP contribution in [0.2, 0.25) is 5.02 Å². The first-order chi connectivity index (χ1) is 10.9. The van der Waals surface area contributed by atoms with Crippen molar-refractivity contribution in [2.24, 2.45) is 0 Å². The SMILES string of the molecule is CC(C)NC(=O)c1nsc(C(=O)NCc2cccc(Cl)c2)c1N. The molecule has 2 rings (SSSR count). The number of hydrogen-bond donors (Lipinski definition) is 3. The summed E-state index contributed by atoms with van der Waals surface area (Å²) in [7, 11) is 0. The molecule has 0 bridgehead atoms. The molecule has 4 N–H and O–H groups in total. The summed E-state index contributed by atoms with van der Waals surface area (Å²) in [6, 6.07) is 7.14. The van der Waals surface area contributed by atoms with Gasteiger partial charge in [0.15, 0.2) is 5.69 Å². The quantitative estimate of drug-likeness (QED) is 0.769. The third-order valence-electron chi connectivity index (χ3n) is 2.91. The fourth-order valence-electron chi connectivity index (χ4n) is 1.86. The number of nitrogens with two attached hydrogens (primary N) is 1. The molecular formula is C15H17ClN4O2S. The molecule has 1 aromatic carbocycles. The van der Waals surface area contributed by atoms with Crippen molar-refractivity contribution in [3.05, 3.63) is 45.4 Å². The predicted molar refractivity (Wildman–Crippen MR) is 91.8 cm³/mol. The van der Waals surface area contributed by atoms with Crippen LogP contribution in [0.5, 0.6) is 0 Å². The molecule has 1 aromatic heterocycles. The second-order valence-electron chi connectivity index (χ2n) is 5.21. The fraction of sp³-hybridized carbons (Fsp3) is 0.267. The van der Waals surface area contributed by atoms with Gasteiger partial charge in [-0.05, 0) is 43.1 Å². The van der Waals surface area contributed by atoms with E-state index in [-0.39, 0.29) is 34.1 Å². The summed E-state index contributed by atoms with van der Waals surface area (Å²) in [5.74, 6) is -0.758. The summed E-state index contributed by atoms with van der Waals surface area (Å²) in [5.41, 5.74) is 6.92. The second-order valence-corrected chi connectivity index (χ2v) is 6.42. The van der Waals surface area contributed by atoms with E-state index < -0.39 is 0 Å². The monoisotopic (exact) mass is 352 g/mol. The van der Waals surface area contributed by atoms with Crippen LogP contribution in [0, 0.1) is 0 Å². The van der Waals surface area contributed by atoms with Crippen molar-refractivity contribution < 1.29 is 9.59 Å². The molecule has 6 nitrogen and oxygen atoms in total. The van der Waals surface area contributed by atoms with E-state index in [0.29, 0.717) is 11.6 Å². The molecule has 1 heterocycles. The number of benzene rings is 1. The van der Waals surface area contributed by atoms with Gasteiger partial charge in [-0.2, -0.15) is 4.37 Å². The van der Waals surface area contributed by atoms with Crippen molar-refractivity contribution >= 4 is 40.6 Å². The van der Waals surface area contributed by atoms with Crippen molar-refractivity contribution in [2.45, 2.75) is 26.4 Å². The van der Waals surface area contributed by atoms with Crippen molar-refractivity contribution in [1.29, 1.82) is 0 Å². The van der Waals surface area contributed by atoms with E-state index in [1.807, 2.05) is 19.9 Å². The van der Waals surface area contributed by atoms with Crippen LogP contribution in [0.1, 0.15) is 39.6 Å². The molecule has 0 saturated carbocycles. The highest BCUT2D eigenvalue weighted by Gasteiger charge is 2.22. The maximum absolute atomic E-state index is 12.2. The Morgan fingerprint density at radius 2 is 2.09 bits per heavy atom. The van der Waals surface area contributed by atoms with Crippen LogP contribution in [-0.4, -0.2) is 22.2 Å². The number of rotatable bonds is 5. The molecule has 0 saturated heterocycles. The predicted octanol–water partition coefficient (Wildman–Crippen LogP) is 2.45. The van der Waals surface area contributed by atoms with Gasteiger partial charge in [-0.15, -0.1) is 0 Å². The topological polar surface area (TPSA) is 97.1 Å². The van der Waals surface area contributed by atoms with Gasteiger partial charge in [0.1, 0.15) is 4.88 Å². The van der Waals surface area contributed by atoms with E-state index in [0.717, 1.165) is 17.1 Å². The fourth-order valence-corrected chi connectivity index (χ4v) is 2.79. The lowest BCUT2D eigenvalue weighted by molar-refractivity contribution is 0.0939. The number of nitrogen functional groups attached to an aromatic ring is 1. The van der Waals surface area contributed by atoms with Gasteiger partial charge < -0.3 is 16.4 Å². The Morgan fingerprint density at radius 3 is 2.74 bits per heavy atom. The summed E-state index contributed by atoms with van der Waals surface area (Å²) < 4.78 is 3.98. The Balaban J connectivity index is 2.05. The Labute approximate surface area is 143 Å². The molecular weight excluding hydrogens is 336 g/mol. The maximum atomic E-state index is 12.2. The van der Waals surface area contributed by atoms with E-state index in [1.54, 1.807) is 18.2 Å². The van der Waals surface area contributed by atoms with Gasteiger partial charge in [-0.3, -0.25) is 9.59 Å². The number of anilines is 1. The minimum atomic E-state index is -0.386. The van der Waals surface area contributed by atoms with Gasteiger partial charge in [-0.1, -0.05) is 23.7 Å². The van der Waals surface area contributed by atoms with E-state index in [4.69, 9.17) is 17.3 Å². The van der Waals surface area contributed by atoms with E-state index in [2.05, 4.69) is 15.0 Å². The van der Waals surface area contributed by atoms with Crippen molar-refractivity contribution in [2.75, 3.05) is 5.73 Å². The zero-order valence-corrected chi connectivity index (χ0v) is 14.3. The summed E-state index contributed by atoms with van der Waals surface area (Å²) >= 11 is 6.80. The van der Waals surface area contributed by atoms with E-state index >= 15 is 0 Å². The van der Waals surface area contributed by atoms with Crippen LogP contribution in [0.25, 0.3) is 0 Å². The highest BCUT2D eigenvalue weighted by atomic mass is 35.5. The van der Waals surface area contributed by atoms with Gasteiger partial charge in [0.25, 0.3) is 11.8 Å². The highest BCUT2D eigenvalue weighted by Crippen LogP contribution is 2.22. The number of nitrogens with zero attached hydrogens (tertiary/aromatic N) is 1. The zero-order chi connectivity index (χ0) is 17.0. The van der Waals surface area contributed by atoms with Crippen molar-refractivity contribution in [3.8, 4) is 0 Å². The summed E-state index contributed by atoms with van der Waals surface area (Å²) in [5, 5.41) is 6.03. The second kappa shape index (κ2) is 7.43. The molecule has 8 heteroatoms. The van der Waals surface area contributed by atoms with Crippen LogP contribution in [0.4, 0.5) is 5.69 Å². The molecule has 0 atom stereocenters. The lowest BCUT2D eigenvalue weighted by Crippen LogP contribution is -2.31. The van der Waals surface area contributed by atoms with Gasteiger partial charge in [0, 0.05) is 17.6 Å². The first-order valence-corrected chi connectivity index (χ1v) is 8.12. The third-order valence-corrected chi connectivity index (χ3v) is 4.01. The van der Waals surface area contributed by atoms with Crippen LogP contribution in [0.15, 0.2) is 24.3 Å². The Bertz CT molecular complexity index is 730. The number of nitrogens with one attached hydrogen (secondary N) is 2. The molecule has 2 amide bonds. The standard InChI is InChI=1S/C15H17ClN4O2S/c1-8(2)19-14(21)12-11(17)13(23-20-12)15(22)18-7-9-4-3-5-10(16)6-9/h3-6,8H,7,17H2,1-2H3,(H,18,22)(H,19,21). The Hall–Kier alpha value is -2.12. The van der Waals surface area contributed by atoms with Gasteiger partial charge in [-0.25, -0.2) is 0 Å². The van der Waals surface area contributed by atoms with Crippen LogP contribution < -0.4 is 16.4 Å². The number of aromatic nitrogens is 1. The van der Waals surface area contributed by atoms with Crippen LogP contribution in [-0.2, 0) is 6.54 Å². The lowest BCUT2D eigenvalue weighted by atomic mass is 10.2. The maximum Gasteiger partial charge on any atom is 0.273 e. The molecule has 0 radical (unpaired) electrons. The molecule has 0 aliphatic heterocycles. The minimum Gasteiger partial charge on any atom is -0.395 e. The molecule has 0 aliphatic carbocycles. The van der Waals surface area contributed by atoms with Crippen molar-refractivity contribution in [1.82, 2.24) is 15.0 Å². The molecule has 0 unspecified atom stereocenters. The summed E-state index contributed by atoms with van der Waals surface area (Å²) in [6.07, 6.45) is 0.